The second-order valence-corrected chi connectivity index (χ2v) is 8.63. The first-order valence-electron chi connectivity index (χ1n) is 8.76. The largest absolute Gasteiger partial charge is 0.326 e. The highest BCUT2D eigenvalue weighted by Gasteiger charge is 2.20. The summed E-state index contributed by atoms with van der Waals surface area (Å²) in [5, 5.41) is 8.10. The van der Waals surface area contributed by atoms with Gasteiger partial charge >= 0.3 is 0 Å². The number of fused-ring (bicyclic) bond motifs is 2. The van der Waals surface area contributed by atoms with Crippen LogP contribution in [-0.4, -0.2) is 24.1 Å². The summed E-state index contributed by atoms with van der Waals surface area (Å²) in [7, 11) is -3.73. The molecule has 4 rings (SSSR count). The van der Waals surface area contributed by atoms with Crippen molar-refractivity contribution in [2.24, 2.45) is 0 Å². The standard InChI is InChI=1S/C19H20N4O3S/c1-12(2)23-11-14-9-15(4-6-18(14)21-23)22-27(25,26)16-5-7-17-13(10-16)3-8-19(24)20-17/h4-7,9-12,22H,3,8H2,1-2H3,(H,20,24). The topological polar surface area (TPSA) is 93.1 Å². The van der Waals surface area contributed by atoms with E-state index in [4.69, 9.17) is 0 Å². The van der Waals surface area contributed by atoms with Crippen LogP contribution in [0.5, 0.6) is 0 Å². The fourth-order valence-corrected chi connectivity index (χ4v) is 4.21. The van der Waals surface area contributed by atoms with E-state index in [0.717, 1.165) is 16.5 Å². The summed E-state index contributed by atoms with van der Waals surface area (Å²) < 4.78 is 30.0. The number of rotatable bonds is 4. The molecule has 140 valence electrons. The molecular formula is C19H20N4O3S. The molecule has 0 aliphatic carbocycles. The van der Waals surface area contributed by atoms with Gasteiger partial charge in [-0.25, -0.2) is 8.42 Å². The summed E-state index contributed by atoms with van der Waals surface area (Å²) in [5.74, 6) is -0.0496. The normalized spacial score (nSPS) is 14.3. The molecule has 0 unspecified atom stereocenters. The molecule has 0 radical (unpaired) electrons. The van der Waals surface area contributed by atoms with Crippen molar-refractivity contribution in [1.82, 2.24) is 9.78 Å². The van der Waals surface area contributed by atoms with Crippen molar-refractivity contribution in [3.05, 3.63) is 48.2 Å². The number of nitrogens with one attached hydrogen (secondary N) is 2. The highest BCUT2D eigenvalue weighted by atomic mass is 32.2. The van der Waals surface area contributed by atoms with Crippen LogP contribution in [-0.2, 0) is 21.2 Å². The molecule has 0 bridgehead atoms. The Hall–Kier alpha value is -2.87. The molecular weight excluding hydrogens is 364 g/mol. The lowest BCUT2D eigenvalue weighted by Crippen LogP contribution is -2.20. The third-order valence-electron chi connectivity index (χ3n) is 4.59. The van der Waals surface area contributed by atoms with Gasteiger partial charge in [0.2, 0.25) is 5.91 Å². The molecule has 0 atom stereocenters. The van der Waals surface area contributed by atoms with Gasteiger partial charge < -0.3 is 5.32 Å². The third-order valence-corrected chi connectivity index (χ3v) is 5.96. The van der Waals surface area contributed by atoms with E-state index >= 15 is 0 Å². The van der Waals surface area contributed by atoms with Gasteiger partial charge in [0.25, 0.3) is 10.0 Å². The predicted molar refractivity (Wildman–Crippen MR) is 104 cm³/mol. The molecule has 0 saturated carbocycles. The average molecular weight is 384 g/mol. The van der Waals surface area contributed by atoms with Crippen molar-refractivity contribution in [3.63, 3.8) is 0 Å². The van der Waals surface area contributed by atoms with E-state index in [1.165, 1.54) is 6.07 Å². The minimum atomic E-state index is -3.73. The number of carbonyl (C=O) groups excluding carboxylic acids is 1. The molecule has 3 aromatic rings. The van der Waals surface area contributed by atoms with Crippen LogP contribution in [0.4, 0.5) is 11.4 Å². The Morgan fingerprint density at radius 2 is 1.96 bits per heavy atom. The summed E-state index contributed by atoms with van der Waals surface area (Å²) in [6, 6.07) is 10.3. The van der Waals surface area contributed by atoms with E-state index in [1.54, 1.807) is 30.3 Å². The van der Waals surface area contributed by atoms with E-state index in [0.29, 0.717) is 24.2 Å². The summed E-state index contributed by atoms with van der Waals surface area (Å²) in [6.07, 6.45) is 2.80. The Morgan fingerprint density at radius 3 is 2.74 bits per heavy atom. The van der Waals surface area contributed by atoms with Crippen LogP contribution < -0.4 is 10.0 Å². The van der Waals surface area contributed by atoms with Crippen LogP contribution in [0.25, 0.3) is 10.9 Å². The monoisotopic (exact) mass is 384 g/mol. The van der Waals surface area contributed by atoms with Crippen LogP contribution >= 0.6 is 0 Å². The average Bonchev–Trinajstić information content (AvgIpc) is 3.04. The van der Waals surface area contributed by atoms with Crippen molar-refractivity contribution in [3.8, 4) is 0 Å². The smallest absolute Gasteiger partial charge is 0.261 e. The minimum Gasteiger partial charge on any atom is -0.326 e. The van der Waals surface area contributed by atoms with Gasteiger partial charge in [0.05, 0.1) is 10.4 Å². The number of anilines is 2. The van der Waals surface area contributed by atoms with Gasteiger partial charge in [-0.1, -0.05) is 0 Å². The Morgan fingerprint density at radius 1 is 1.15 bits per heavy atom. The van der Waals surface area contributed by atoms with E-state index in [1.807, 2.05) is 24.7 Å². The van der Waals surface area contributed by atoms with Crippen molar-refractivity contribution in [2.75, 3.05) is 10.0 Å². The maximum Gasteiger partial charge on any atom is 0.261 e. The zero-order valence-corrected chi connectivity index (χ0v) is 15.9. The molecule has 1 aromatic heterocycles. The van der Waals surface area contributed by atoms with Crippen LogP contribution in [0.15, 0.2) is 47.5 Å². The number of aryl methyl sites for hydroxylation is 1. The molecule has 1 aliphatic heterocycles. The number of nitrogens with zero attached hydrogens (tertiary/aromatic N) is 2. The quantitative estimate of drug-likeness (QED) is 0.722. The Balaban J connectivity index is 1.63. The molecule has 2 N–H and O–H groups in total. The van der Waals surface area contributed by atoms with E-state index in [9.17, 15) is 13.2 Å². The van der Waals surface area contributed by atoms with Crippen molar-refractivity contribution < 1.29 is 13.2 Å². The highest BCUT2D eigenvalue weighted by Crippen LogP contribution is 2.27. The van der Waals surface area contributed by atoms with Crippen LogP contribution in [0.1, 0.15) is 31.9 Å². The highest BCUT2D eigenvalue weighted by molar-refractivity contribution is 7.92. The molecule has 0 saturated heterocycles. The maximum absolute atomic E-state index is 12.8. The van der Waals surface area contributed by atoms with Gasteiger partial charge in [-0.05, 0) is 62.2 Å². The number of hydrogen-bond donors (Lipinski definition) is 2. The first kappa shape index (κ1) is 17.5. The van der Waals surface area contributed by atoms with Crippen molar-refractivity contribution >= 4 is 38.2 Å². The minimum absolute atomic E-state index is 0.0496. The Bertz CT molecular complexity index is 1150. The molecule has 0 fully saturated rings. The molecule has 7 nitrogen and oxygen atoms in total. The van der Waals surface area contributed by atoms with Crippen molar-refractivity contribution in [2.45, 2.75) is 37.6 Å². The van der Waals surface area contributed by atoms with E-state index < -0.39 is 10.0 Å². The number of amides is 1. The number of hydrogen-bond acceptors (Lipinski definition) is 4. The van der Waals surface area contributed by atoms with Gasteiger partial charge in [0.1, 0.15) is 0 Å². The Labute approximate surface area is 157 Å². The number of carbonyl (C=O) groups is 1. The summed E-state index contributed by atoms with van der Waals surface area (Å²) in [6.45, 7) is 4.07. The zero-order valence-electron chi connectivity index (χ0n) is 15.1. The maximum atomic E-state index is 12.8. The fourth-order valence-electron chi connectivity index (χ4n) is 3.11. The van der Waals surface area contributed by atoms with Gasteiger partial charge in [-0.3, -0.25) is 14.2 Å². The van der Waals surface area contributed by atoms with Gasteiger partial charge in [0.15, 0.2) is 0 Å². The number of sulfonamides is 1. The van der Waals surface area contributed by atoms with E-state index in [2.05, 4.69) is 15.1 Å². The lowest BCUT2D eigenvalue weighted by Gasteiger charge is -2.17. The molecule has 0 spiro atoms. The zero-order chi connectivity index (χ0) is 19.2. The lowest BCUT2D eigenvalue weighted by atomic mass is 10.0. The molecule has 1 amide bonds. The second kappa shape index (κ2) is 6.38. The molecule has 1 aliphatic rings. The molecule has 27 heavy (non-hydrogen) atoms. The van der Waals surface area contributed by atoms with Gasteiger partial charge in [-0.2, -0.15) is 5.10 Å². The summed E-state index contributed by atoms with van der Waals surface area (Å²) >= 11 is 0. The van der Waals surface area contributed by atoms with Crippen molar-refractivity contribution in [1.29, 1.82) is 0 Å². The first-order valence-corrected chi connectivity index (χ1v) is 10.2. The SMILES string of the molecule is CC(C)n1cc2cc(NS(=O)(=O)c3ccc4c(c3)CCC(=O)N4)ccc2n1. The van der Waals surface area contributed by atoms with Gasteiger partial charge in [0, 0.05) is 35.4 Å². The van der Waals surface area contributed by atoms with Crippen LogP contribution in [0.2, 0.25) is 0 Å². The predicted octanol–water partition coefficient (Wildman–Crippen LogP) is 3.30. The number of benzene rings is 2. The number of aromatic nitrogens is 2. The molecule has 2 heterocycles. The summed E-state index contributed by atoms with van der Waals surface area (Å²) in [5.41, 5.74) is 2.80. The lowest BCUT2D eigenvalue weighted by molar-refractivity contribution is -0.116. The second-order valence-electron chi connectivity index (χ2n) is 6.95. The van der Waals surface area contributed by atoms with E-state index in [-0.39, 0.29) is 16.8 Å². The summed E-state index contributed by atoms with van der Waals surface area (Å²) in [4.78, 5) is 11.6. The molecule has 2 aromatic carbocycles. The van der Waals surface area contributed by atoms with Crippen LogP contribution in [0, 0.1) is 0 Å². The Kier molecular flexibility index (Phi) is 4.15. The fraction of sp³-hybridized carbons (Fsp3) is 0.263. The molecule has 8 heteroatoms. The van der Waals surface area contributed by atoms with Crippen LogP contribution in [0.3, 0.4) is 0 Å². The third kappa shape index (κ3) is 3.40. The van der Waals surface area contributed by atoms with Gasteiger partial charge in [-0.15, -0.1) is 0 Å². The first-order chi connectivity index (χ1) is 12.8.